The van der Waals surface area contributed by atoms with Gasteiger partial charge in [0.25, 0.3) is 5.91 Å². The third-order valence-corrected chi connectivity index (χ3v) is 4.75. The summed E-state index contributed by atoms with van der Waals surface area (Å²) in [6.45, 7) is 0.206. The number of rotatable bonds is 9. The van der Waals surface area contributed by atoms with Crippen molar-refractivity contribution in [1.82, 2.24) is 4.90 Å². The van der Waals surface area contributed by atoms with Gasteiger partial charge in [0.15, 0.2) is 5.75 Å². The van der Waals surface area contributed by atoms with E-state index in [1.165, 1.54) is 17.0 Å². The average molecular weight is 496 g/mol. The Labute approximate surface area is 194 Å². The van der Waals surface area contributed by atoms with Gasteiger partial charge in [-0.3, -0.25) is 14.5 Å². The summed E-state index contributed by atoms with van der Waals surface area (Å²) < 4.78 is 75.0. The summed E-state index contributed by atoms with van der Waals surface area (Å²) >= 11 is 0. The fraction of sp³-hybridized carbons (Fsp3) is 0.619. The van der Waals surface area contributed by atoms with Crippen LogP contribution in [-0.2, 0) is 14.3 Å². The molecular weight excluding hydrogens is 467 g/mol. The zero-order valence-electron chi connectivity index (χ0n) is 19.1. The number of halogens is 5. The third kappa shape index (κ3) is 8.37. The zero-order chi connectivity index (χ0) is 25.7. The normalized spacial score (nSPS) is 16.2. The van der Waals surface area contributed by atoms with E-state index < -0.39 is 49.1 Å². The van der Waals surface area contributed by atoms with Crippen LogP contribution in [0, 0.1) is 5.41 Å². The van der Waals surface area contributed by atoms with Crippen molar-refractivity contribution in [3.05, 3.63) is 18.2 Å². The highest BCUT2D eigenvalue weighted by Crippen LogP contribution is 2.34. The monoisotopic (exact) mass is 496 g/mol. The van der Waals surface area contributed by atoms with E-state index in [0.29, 0.717) is 0 Å². The molecule has 0 aliphatic carbocycles. The number of ether oxygens (including phenoxy) is 2. The van der Waals surface area contributed by atoms with Gasteiger partial charge in [0, 0.05) is 31.4 Å². The Balaban J connectivity index is 2.30. The predicted molar refractivity (Wildman–Crippen MR) is 115 cm³/mol. The molecule has 2 amide bonds. The molecule has 2 rings (SSSR count). The van der Waals surface area contributed by atoms with Gasteiger partial charge in [-0.15, -0.1) is 0 Å². The minimum Gasteiger partial charge on any atom is -0.433 e. The summed E-state index contributed by atoms with van der Waals surface area (Å²) in [4.78, 5) is 27.1. The van der Waals surface area contributed by atoms with E-state index in [0.717, 1.165) is 11.0 Å². The van der Waals surface area contributed by atoms with E-state index in [1.807, 2.05) is 0 Å². The van der Waals surface area contributed by atoms with Gasteiger partial charge in [-0.2, -0.15) is 22.0 Å². The number of nitrogens with one attached hydrogen (secondary N) is 1. The molecule has 1 aromatic carbocycles. The molecule has 13 heteroatoms. The second-order valence-corrected chi connectivity index (χ2v) is 8.98. The first-order chi connectivity index (χ1) is 15.7. The van der Waals surface area contributed by atoms with E-state index in [-0.39, 0.29) is 43.4 Å². The number of morpholine rings is 1. The quantitative estimate of drug-likeness (QED) is 0.511. The number of carbonyl (C=O) groups is 2. The van der Waals surface area contributed by atoms with Gasteiger partial charge in [0.1, 0.15) is 12.6 Å². The Morgan fingerprint density at radius 2 is 1.94 bits per heavy atom. The SMILES string of the molecule is CC(C)(C)CN(CC(F)(F)F)[C@H](CN)C(=O)Nc1ccc(N2CCOCC2=O)c(OC(F)F)c1. The van der Waals surface area contributed by atoms with Crippen LogP contribution in [0.4, 0.5) is 33.3 Å². The van der Waals surface area contributed by atoms with Crippen LogP contribution in [0.3, 0.4) is 0 Å². The van der Waals surface area contributed by atoms with E-state index in [2.05, 4.69) is 10.1 Å². The number of alkyl halides is 5. The summed E-state index contributed by atoms with van der Waals surface area (Å²) in [7, 11) is 0. The van der Waals surface area contributed by atoms with Crippen LogP contribution < -0.4 is 20.7 Å². The molecule has 1 aliphatic heterocycles. The van der Waals surface area contributed by atoms with E-state index >= 15 is 0 Å². The topological polar surface area (TPSA) is 97.1 Å². The summed E-state index contributed by atoms with van der Waals surface area (Å²) in [5.74, 6) is -1.68. The van der Waals surface area contributed by atoms with Crippen molar-refractivity contribution in [2.24, 2.45) is 11.1 Å². The van der Waals surface area contributed by atoms with Gasteiger partial charge < -0.3 is 25.4 Å². The van der Waals surface area contributed by atoms with E-state index in [1.54, 1.807) is 20.8 Å². The van der Waals surface area contributed by atoms with Gasteiger partial charge >= 0.3 is 12.8 Å². The molecule has 192 valence electrons. The van der Waals surface area contributed by atoms with Crippen molar-refractivity contribution in [2.45, 2.75) is 39.6 Å². The molecule has 3 N–H and O–H groups in total. The second kappa shape index (κ2) is 11.3. The molecule has 1 saturated heterocycles. The van der Waals surface area contributed by atoms with Crippen molar-refractivity contribution in [2.75, 3.05) is 49.6 Å². The van der Waals surface area contributed by atoms with Gasteiger partial charge in [0.05, 0.1) is 18.8 Å². The maximum absolute atomic E-state index is 13.2. The van der Waals surface area contributed by atoms with Gasteiger partial charge in [-0.25, -0.2) is 0 Å². The largest absolute Gasteiger partial charge is 0.433 e. The van der Waals surface area contributed by atoms with Crippen LogP contribution in [0.2, 0.25) is 0 Å². The number of anilines is 2. The van der Waals surface area contributed by atoms with Gasteiger partial charge in [-0.1, -0.05) is 20.8 Å². The lowest BCUT2D eigenvalue weighted by Gasteiger charge is -2.35. The number of hydrogen-bond acceptors (Lipinski definition) is 6. The van der Waals surface area contributed by atoms with Crippen LogP contribution in [0.25, 0.3) is 0 Å². The third-order valence-electron chi connectivity index (χ3n) is 4.75. The molecule has 1 atom stereocenters. The molecule has 0 spiro atoms. The molecule has 0 saturated carbocycles. The standard InChI is InChI=1S/C21H29F5N4O4/c1-20(2,3)11-29(12-21(24,25)26)15(9-27)18(32)28-13-4-5-14(16(8-13)34-19(22)23)30-6-7-33-10-17(30)31/h4-5,8,15,19H,6-7,9-12,27H2,1-3H3,(H,28,32)/t15-/m1/s1. The molecule has 1 aliphatic rings. The zero-order valence-corrected chi connectivity index (χ0v) is 19.1. The first-order valence-electron chi connectivity index (χ1n) is 10.5. The molecule has 0 radical (unpaired) electrons. The van der Waals surface area contributed by atoms with Gasteiger partial charge in [-0.05, 0) is 17.5 Å². The molecule has 0 unspecified atom stereocenters. The lowest BCUT2D eigenvalue weighted by atomic mass is 9.95. The Kier molecular flexibility index (Phi) is 9.20. The molecule has 8 nitrogen and oxygen atoms in total. The number of amides is 2. The molecule has 1 fully saturated rings. The molecule has 34 heavy (non-hydrogen) atoms. The highest BCUT2D eigenvalue weighted by molar-refractivity contribution is 5.98. The first kappa shape index (κ1) is 27.7. The lowest BCUT2D eigenvalue weighted by molar-refractivity contribution is -0.156. The summed E-state index contributed by atoms with van der Waals surface area (Å²) in [6, 6.07) is 2.38. The average Bonchev–Trinajstić information content (AvgIpc) is 2.66. The Bertz CT molecular complexity index is 845. The number of benzene rings is 1. The molecular formula is C21H29F5N4O4. The van der Waals surface area contributed by atoms with Crippen LogP contribution in [0.1, 0.15) is 20.8 Å². The van der Waals surface area contributed by atoms with E-state index in [4.69, 9.17) is 10.5 Å². The summed E-state index contributed by atoms with van der Waals surface area (Å²) in [5.41, 5.74) is 5.12. The minimum absolute atomic E-state index is 0.00808. The fourth-order valence-electron chi connectivity index (χ4n) is 3.54. The molecule has 0 bridgehead atoms. The minimum atomic E-state index is -4.57. The first-order valence-corrected chi connectivity index (χ1v) is 10.5. The van der Waals surface area contributed by atoms with E-state index in [9.17, 15) is 31.5 Å². The van der Waals surface area contributed by atoms with Crippen molar-refractivity contribution < 1.29 is 41.0 Å². The number of hydrogen-bond donors (Lipinski definition) is 2. The highest BCUT2D eigenvalue weighted by atomic mass is 19.4. The molecule has 0 aromatic heterocycles. The van der Waals surface area contributed by atoms with Gasteiger partial charge in [0.2, 0.25) is 5.91 Å². The molecule has 1 aromatic rings. The lowest BCUT2D eigenvalue weighted by Crippen LogP contribution is -2.54. The Morgan fingerprint density at radius 1 is 1.26 bits per heavy atom. The maximum atomic E-state index is 13.2. The summed E-state index contributed by atoms with van der Waals surface area (Å²) in [6.07, 6.45) is -4.57. The Morgan fingerprint density at radius 3 is 2.47 bits per heavy atom. The molecule has 1 heterocycles. The van der Waals surface area contributed by atoms with Crippen molar-refractivity contribution in [3.63, 3.8) is 0 Å². The maximum Gasteiger partial charge on any atom is 0.401 e. The van der Waals surface area contributed by atoms with Crippen LogP contribution in [0.15, 0.2) is 18.2 Å². The van der Waals surface area contributed by atoms with Crippen molar-refractivity contribution in [1.29, 1.82) is 0 Å². The second-order valence-electron chi connectivity index (χ2n) is 8.98. The summed E-state index contributed by atoms with van der Waals surface area (Å²) in [5, 5.41) is 2.42. The van der Waals surface area contributed by atoms with Crippen LogP contribution in [0.5, 0.6) is 5.75 Å². The van der Waals surface area contributed by atoms with Crippen LogP contribution >= 0.6 is 0 Å². The Hall–Kier alpha value is -2.51. The van der Waals surface area contributed by atoms with Crippen molar-refractivity contribution in [3.8, 4) is 5.75 Å². The predicted octanol–water partition coefficient (Wildman–Crippen LogP) is 2.83. The smallest absolute Gasteiger partial charge is 0.401 e. The number of nitrogens with two attached hydrogens (primary N) is 1. The highest BCUT2D eigenvalue weighted by Gasteiger charge is 2.37. The van der Waals surface area contributed by atoms with Crippen molar-refractivity contribution >= 4 is 23.2 Å². The number of carbonyl (C=O) groups excluding carboxylic acids is 2. The van der Waals surface area contributed by atoms with Crippen LogP contribution in [-0.4, -0.2) is 74.9 Å². The number of nitrogens with zero attached hydrogens (tertiary/aromatic N) is 2. The fourth-order valence-corrected chi connectivity index (χ4v) is 3.54.